The minimum Gasteiger partial charge on any atom is -0.378 e. The van der Waals surface area contributed by atoms with Gasteiger partial charge < -0.3 is 10.2 Å². The van der Waals surface area contributed by atoms with Gasteiger partial charge in [-0.05, 0) is 44.4 Å². The van der Waals surface area contributed by atoms with Crippen LogP contribution in [0.3, 0.4) is 0 Å². The largest absolute Gasteiger partial charge is 0.378 e. The number of amides is 1. The van der Waals surface area contributed by atoms with Crippen molar-refractivity contribution in [3.05, 3.63) is 41.2 Å². The monoisotopic (exact) mass is 447 g/mol. The summed E-state index contributed by atoms with van der Waals surface area (Å²) in [6, 6.07) is 8.02. The van der Waals surface area contributed by atoms with E-state index in [4.69, 9.17) is 0 Å². The lowest BCUT2D eigenvalue weighted by molar-refractivity contribution is -0.121. The van der Waals surface area contributed by atoms with Gasteiger partial charge in [0, 0.05) is 45.8 Å². The summed E-state index contributed by atoms with van der Waals surface area (Å²) in [6.07, 6.45) is 3.09. The van der Waals surface area contributed by atoms with Gasteiger partial charge in [-0.2, -0.15) is 9.40 Å². The molecule has 1 aromatic heterocycles. The molecule has 2 aromatic rings. The van der Waals surface area contributed by atoms with Crippen LogP contribution >= 0.6 is 0 Å². The van der Waals surface area contributed by atoms with Crippen LogP contribution in [-0.4, -0.2) is 55.6 Å². The van der Waals surface area contributed by atoms with Gasteiger partial charge >= 0.3 is 0 Å². The average Bonchev–Trinajstić information content (AvgIpc) is 3.05. The highest BCUT2D eigenvalue weighted by atomic mass is 32.2. The Morgan fingerprint density at radius 2 is 1.74 bits per heavy atom. The number of benzene rings is 1. The minimum absolute atomic E-state index is 0.0929. The van der Waals surface area contributed by atoms with Gasteiger partial charge in [-0.15, -0.1) is 0 Å². The quantitative estimate of drug-likeness (QED) is 0.672. The van der Waals surface area contributed by atoms with Crippen molar-refractivity contribution >= 4 is 21.6 Å². The van der Waals surface area contributed by atoms with E-state index in [1.54, 1.807) is 22.8 Å². The maximum Gasteiger partial charge on any atom is 0.246 e. The Morgan fingerprint density at radius 1 is 1.10 bits per heavy atom. The molecule has 1 fully saturated rings. The summed E-state index contributed by atoms with van der Waals surface area (Å²) in [5, 5.41) is 7.33. The number of anilines is 1. The van der Waals surface area contributed by atoms with Gasteiger partial charge in [-0.3, -0.25) is 9.48 Å². The van der Waals surface area contributed by atoms with Crippen LogP contribution in [0.2, 0.25) is 0 Å². The lowest BCUT2D eigenvalue weighted by atomic mass is 10.2. The number of aromatic nitrogens is 2. The molecule has 1 aromatic carbocycles. The van der Waals surface area contributed by atoms with Crippen LogP contribution in [0, 0.1) is 13.8 Å². The topological polar surface area (TPSA) is 87.5 Å². The predicted octanol–water partition coefficient (Wildman–Crippen LogP) is 2.45. The number of carbonyl (C=O) groups excluding carboxylic acids is 1. The summed E-state index contributed by atoms with van der Waals surface area (Å²) in [4.78, 5) is 14.6. The Kier molecular flexibility index (Phi) is 7.38. The SMILES string of the molecule is Cc1nn(CCC(=O)NCc2ccc(N(C)C)cc2)c(C)c1S(=O)(=O)N1CCCCC1. The van der Waals surface area contributed by atoms with Crippen LogP contribution in [0.25, 0.3) is 0 Å². The van der Waals surface area contributed by atoms with Crippen molar-refractivity contribution in [2.75, 3.05) is 32.1 Å². The van der Waals surface area contributed by atoms with E-state index in [1.807, 2.05) is 43.3 Å². The fourth-order valence-corrected chi connectivity index (χ4v) is 5.80. The second-order valence-electron chi connectivity index (χ2n) is 8.28. The minimum atomic E-state index is -3.55. The highest BCUT2D eigenvalue weighted by Gasteiger charge is 2.31. The number of rotatable bonds is 8. The Balaban J connectivity index is 1.59. The number of nitrogens with one attached hydrogen (secondary N) is 1. The van der Waals surface area contributed by atoms with Crippen LogP contribution in [0.1, 0.15) is 42.6 Å². The molecule has 0 unspecified atom stereocenters. The fourth-order valence-electron chi connectivity index (χ4n) is 3.91. The molecule has 9 heteroatoms. The highest BCUT2D eigenvalue weighted by Crippen LogP contribution is 2.26. The van der Waals surface area contributed by atoms with Crippen molar-refractivity contribution < 1.29 is 13.2 Å². The third-order valence-electron chi connectivity index (χ3n) is 5.72. The number of aryl methyl sites for hydroxylation is 2. The lowest BCUT2D eigenvalue weighted by Gasteiger charge is -2.26. The second-order valence-corrected chi connectivity index (χ2v) is 10.2. The zero-order valence-corrected chi connectivity index (χ0v) is 19.7. The van der Waals surface area contributed by atoms with E-state index >= 15 is 0 Å². The summed E-state index contributed by atoms with van der Waals surface area (Å²) in [5.41, 5.74) is 3.22. The highest BCUT2D eigenvalue weighted by molar-refractivity contribution is 7.89. The molecule has 170 valence electrons. The molecule has 2 heterocycles. The normalized spacial score (nSPS) is 15.1. The molecule has 0 aliphatic carbocycles. The van der Waals surface area contributed by atoms with Crippen molar-refractivity contribution in [1.29, 1.82) is 0 Å². The standard InChI is InChI=1S/C22H33N5O3S/c1-17-22(31(29,30)26-13-6-5-7-14-26)18(2)27(24-17)15-12-21(28)23-16-19-8-10-20(11-9-19)25(3)4/h8-11H,5-7,12-16H2,1-4H3,(H,23,28). The van der Waals surface area contributed by atoms with Crippen molar-refractivity contribution in [3.63, 3.8) is 0 Å². The van der Waals surface area contributed by atoms with Crippen LogP contribution < -0.4 is 10.2 Å². The third-order valence-corrected chi connectivity index (χ3v) is 7.87. The van der Waals surface area contributed by atoms with Gasteiger partial charge in [0.1, 0.15) is 4.90 Å². The number of hydrogen-bond donors (Lipinski definition) is 1. The molecule has 3 rings (SSSR count). The Morgan fingerprint density at radius 3 is 2.35 bits per heavy atom. The first-order valence-corrected chi connectivity index (χ1v) is 12.2. The van der Waals surface area contributed by atoms with E-state index in [2.05, 4.69) is 10.4 Å². The summed E-state index contributed by atoms with van der Waals surface area (Å²) in [6.45, 7) is 5.40. The van der Waals surface area contributed by atoms with E-state index in [0.29, 0.717) is 37.6 Å². The molecule has 1 amide bonds. The van der Waals surface area contributed by atoms with Crippen molar-refractivity contribution in [3.8, 4) is 0 Å². The number of hydrogen-bond acceptors (Lipinski definition) is 5. The predicted molar refractivity (Wildman–Crippen MR) is 122 cm³/mol. The van der Waals surface area contributed by atoms with E-state index in [9.17, 15) is 13.2 Å². The zero-order valence-electron chi connectivity index (χ0n) is 18.9. The molecular formula is C22H33N5O3S. The Labute approximate surface area is 185 Å². The molecule has 1 aliphatic rings. The van der Waals surface area contributed by atoms with E-state index in [0.717, 1.165) is 30.5 Å². The Hall–Kier alpha value is -2.39. The van der Waals surface area contributed by atoms with Gasteiger partial charge in [0.05, 0.1) is 17.9 Å². The maximum absolute atomic E-state index is 13.1. The van der Waals surface area contributed by atoms with Gasteiger partial charge in [-0.1, -0.05) is 18.6 Å². The third kappa shape index (κ3) is 5.46. The van der Waals surface area contributed by atoms with Crippen LogP contribution in [0.4, 0.5) is 5.69 Å². The molecule has 0 atom stereocenters. The van der Waals surface area contributed by atoms with Crippen LogP contribution in [0.5, 0.6) is 0 Å². The van der Waals surface area contributed by atoms with Gasteiger partial charge in [0.2, 0.25) is 15.9 Å². The van der Waals surface area contributed by atoms with Crippen molar-refractivity contribution in [1.82, 2.24) is 19.4 Å². The van der Waals surface area contributed by atoms with Crippen molar-refractivity contribution in [2.24, 2.45) is 0 Å². The number of carbonyl (C=O) groups is 1. The second kappa shape index (κ2) is 9.82. The molecule has 0 radical (unpaired) electrons. The molecule has 0 saturated carbocycles. The first-order chi connectivity index (χ1) is 14.7. The smallest absolute Gasteiger partial charge is 0.246 e. The zero-order chi connectivity index (χ0) is 22.6. The van der Waals surface area contributed by atoms with Crippen LogP contribution in [-0.2, 0) is 27.9 Å². The number of sulfonamides is 1. The van der Waals surface area contributed by atoms with Gasteiger partial charge in [-0.25, -0.2) is 8.42 Å². The molecule has 1 aliphatic heterocycles. The first kappa shape index (κ1) is 23.3. The summed E-state index contributed by atoms with van der Waals surface area (Å²) >= 11 is 0. The van der Waals surface area contributed by atoms with E-state index in [1.165, 1.54) is 0 Å². The summed E-state index contributed by atoms with van der Waals surface area (Å²) < 4.78 is 29.4. The first-order valence-electron chi connectivity index (χ1n) is 10.8. The molecular weight excluding hydrogens is 414 g/mol. The lowest BCUT2D eigenvalue weighted by Crippen LogP contribution is -2.36. The Bertz CT molecular complexity index is 1010. The molecule has 0 bridgehead atoms. The number of piperidine rings is 1. The molecule has 31 heavy (non-hydrogen) atoms. The fraction of sp³-hybridized carbons (Fsp3) is 0.545. The van der Waals surface area contributed by atoms with Gasteiger partial charge in [0.25, 0.3) is 0 Å². The summed E-state index contributed by atoms with van der Waals surface area (Å²) in [5.74, 6) is -0.0929. The molecule has 1 saturated heterocycles. The maximum atomic E-state index is 13.1. The average molecular weight is 448 g/mol. The van der Waals surface area contributed by atoms with Crippen LogP contribution in [0.15, 0.2) is 29.2 Å². The summed E-state index contributed by atoms with van der Waals surface area (Å²) in [7, 11) is 0.419. The van der Waals surface area contributed by atoms with Crippen molar-refractivity contribution in [2.45, 2.75) is 57.5 Å². The molecule has 1 N–H and O–H groups in total. The van der Waals surface area contributed by atoms with E-state index in [-0.39, 0.29) is 17.2 Å². The van der Waals surface area contributed by atoms with Gasteiger partial charge in [0.15, 0.2) is 0 Å². The van der Waals surface area contributed by atoms with E-state index < -0.39 is 10.0 Å². The molecule has 8 nitrogen and oxygen atoms in total. The molecule has 0 spiro atoms. The number of nitrogens with zero attached hydrogens (tertiary/aromatic N) is 4.